The summed E-state index contributed by atoms with van der Waals surface area (Å²) < 4.78 is 8.86. The van der Waals surface area contributed by atoms with E-state index in [0.717, 1.165) is 4.57 Å². The first-order valence-electron chi connectivity index (χ1n) is 7.70. The summed E-state index contributed by atoms with van der Waals surface area (Å²) >= 11 is 0. The van der Waals surface area contributed by atoms with Gasteiger partial charge in [0.25, 0.3) is 5.56 Å². The molecule has 3 aromatic heterocycles. The average Bonchev–Trinajstić information content (AvgIpc) is 3.25. The van der Waals surface area contributed by atoms with Crippen LogP contribution in [0.2, 0.25) is 0 Å². The van der Waals surface area contributed by atoms with Crippen molar-refractivity contribution in [1.29, 1.82) is 0 Å². The number of aryl methyl sites for hydroxylation is 1. The van der Waals surface area contributed by atoms with Gasteiger partial charge in [-0.3, -0.25) is 18.7 Å². The fourth-order valence-electron chi connectivity index (χ4n) is 2.56. The number of carbonyl (C=O) groups excluding carboxylic acids is 1. The van der Waals surface area contributed by atoms with Crippen LogP contribution in [-0.4, -0.2) is 42.5 Å². The Morgan fingerprint density at radius 1 is 1.24 bits per heavy atom. The Morgan fingerprint density at radius 2 is 2.04 bits per heavy atom. The standard InChI is InChI=1S/C15H18N6O4/c1-19-13-12(14(23)20(2)15(19)24)21(9-18-13)8-10(22)7-16-4-3-11-17-5-6-25-11/h5-6,9,16H,3-4,7-8H2,1-2H3. The van der Waals surface area contributed by atoms with Gasteiger partial charge in [-0.15, -0.1) is 0 Å². The molecule has 132 valence electrons. The number of nitrogens with one attached hydrogen (secondary N) is 1. The number of hydrogen-bond acceptors (Lipinski definition) is 7. The highest BCUT2D eigenvalue weighted by Crippen LogP contribution is 2.05. The zero-order valence-corrected chi connectivity index (χ0v) is 13.9. The van der Waals surface area contributed by atoms with Crippen molar-refractivity contribution in [3.63, 3.8) is 0 Å². The monoisotopic (exact) mass is 346 g/mol. The van der Waals surface area contributed by atoms with Crippen molar-refractivity contribution in [2.45, 2.75) is 13.0 Å². The molecule has 0 aliphatic carbocycles. The third kappa shape index (κ3) is 3.29. The van der Waals surface area contributed by atoms with E-state index in [9.17, 15) is 14.4 Å². The number of carbonyl (C=O) groups is 1. The fourth-order valence-corrected chi connectivity index (χ4v) is 2.56. The predicted molar refractivity (Wildman–Crippen MR) is 88.3 cm³/mol. The molecule has 0 aliphatic rings. The number of ketones is 1. The number of rotatable bonds is 7. The molecule has 25 heavy (non-hydrogen) atoms. The van der Waals surface area contributed by atoms with Gasteiger partial charge >= 0.3 is 5.69 Å². The van der Waals surface area contributed by atoms with Crippen LogP contribution >= 0.6 is 0 Å². The zero-order valence-electron chi connectivity index (χ0n) is 13.9. The van der Waals surface area contributed by atoms with Gasteiger partial charge in [-0.2, -0.15) is 0 Å². The van der Waals surface area contributed by atoms with Crippen molar-refractivity contribution in [2.75, 3.05) is 13.1 Å². The summed E-state index contributed by atoms with van der Waals surface area (Å²) in [4.78, 5) is 44.4. The van der Waals surface area contributed by atoms with Crippen molar-refractivity contribution < 1.29 is 9.21 Å². The van der Waals surface area contributed by atoms with E-state index in [-0.39, 0.29) is 30.0 Å². The van der Waals surface area contributed by atoms with Crippen LogP contribution in [0.5, 0.6) is 0 Å². The molecule has 0 spiro atoms. The highest BCUT2D eigenvalue weighted by molar-refractivity contribution is 5.82. The van der Waals surface area contributed by atoms with Crippen molar-refractivity contribution >= 4 is 16.9 Å². The van der Waals surface area contributed by atoms with Crippen LogP contribution in [0.3, 0.4) is 0 Å². The lowest BCUT2D eigenvalue weighted by Gasteiger charge is -2.07. The second-order valence-electron chi connectivity index (χ2n) is 5.64. The number of aromatic nitrogens is 5. The van der Waals surface area contributed by atoms with Crippen LogP contribution in [-0.2, 0) is 31.9 Å². The van der Waals surface area contributed by atoms with Gasteiger partial charge < -0.3 is 14.3 Å². The maximum absolute atomic E-state index is 12.3. The number of oxazole rings is 1. The molecule has 0 radical (unpaired) electrons. The van der Waals surface area contributed by atoms with Crippen LogP contribution in [0.4, 0.5) is 0 Å². The summed E-state index contributed by atoms with van der Waals surface area (Å²) in [6.07, 6.45) is 5.05. The zero-order chi connectivity index (χ0) is 18.0. The summed E-state index contributed by atoms with van der Waals surface area (Å²) in [5.41, 5.74) is -0.432. The van der Waals surface area contributed by atoms with Crippen LogP contribution in [0.25, 0.3) is 11.2 Å². The molecule has 0 fully saturated rings. The van der Waals surface area contributed by atoms with Gasteiger partial charge in [0.2, 0.25) is 0 Å². The molecule has 0 amide bonds. The molecule has 0 aliphatic heterocycles. The largest absolute Gasteiger partial charge is 0.449 e. The van der Waals surface area contributed by atoms with Crippen LogP contribution in [0.15, 0.2) is 32.8 Å². The quantitative estimate of drug-likeness (QED) is 0.535. The normalized spacial score (nSPS) is 11.3. The van der Waals surface area contributed by atoms with Gasteiger partial charge in [0.15, 0.2) is 22.8 Å². The molecule has 3 aromatic rings. The van der Waals surface area contributed by atoms with E-state index in [0.29, 0.717) is 18.9 Å². The summed E-state index contributed by atoms with van der Waals surface area (Å²) in [5, 5.41) is 3.01. The highest BCUT2D eigenvalue weighted by atomic mass is 16.3. The predicted octanol–water partition coefficient (Wildman–Crippen LogP) is -1.18. The minimum absolute atomic E-state index is 0.00402. The summed E-state index contributed by atoms with van der Waals surface area (Å²) in [7, 11) is 2.93. The Morgan fingerprint density at radius 3 is 2.76 bits per heavy atom. The average molecular weight is 346 g/mol. The second kappa shape index (κ2) is 6.85. The van der Waals surface area contributed by atoms with E-state index < -0.39 is 11.2 Å². The Kier molecular flexibility index (Phi) is 4.61. The summed E-state index contributed by atoms with van der Waals surface area (Å²) in [6, 6.07) is 0. The molecule has 0 saturated carbocycles. The lowest BCUT2D eigenvalue weighted by molar-refractivity contribution is -0.118. The third-order valence-electron chi connectivity index (χ3n) is 3.89. The van der Waals surface area contributed by atoms with E-state index in [1.165, 1.54) is 35.8 Å². The first kappa shape index (κ1) is 16.8. The van der Waals surface area contributed by atoms with Gasteiger partial charge in [-0.1, -0.05) is 0 Å². The van der Waals surface area contributed by atoms with Crippen molar-refractivity contribution in [3.05, 3.63) is 45.5 Å². The van der Waals surface area contributed by atoms with Crippen LogP contribution < -0.4 is 16.6 Å². The Hall–Kier alpha value is -3.01. The Bertz CT molecular complexity index is 1010. The van der Waals surface area contributed by atoms with Gasteiger partial charge in [-0.25, -0.2) is 14.8 Å². The minimum Gasteiger partial charge on any atom is -0.449 e. The maximum atomic E-state index is 12.3. The van der Waals surface area contributed by atoms with Gasteiger partial charge in [0.05, 0.1) is 25.6 Å². The Balaban J connectivity index is 1.67. The number of imidazole rings is 1. The molecule has 0 aromatic carbocycles. The fraction of sp³-hybridized carbons (Fsp3) is 0.400. The molecule has 3 rings (SSSR count). The molecule has 1 N–H and O–H groups in total. The minimum atomic E-state index is -0.472. The lowest BCUT2D eigenvalue weighted by atomic mass is 10.3. The van der Waals surface area contributed by atoms with E-state index in [1.807, 2.05) is 0 Å². The van der Waals surface area contributed by atoms with Gasteiger partial charge in [0.1, 0.15) is 6.26 Å². The smallest absolute Gasteiger partial charge is 0.332 e. The lowest BCUT2D eigenvalue weighted by Crippen LogP contribution is -2.38. The number of Topliss-reactive ketones (excluding diaryl/α,β-unsaturated/α-hetero) is 1. The second-order valence-corrected chi connectivity index (χ2v) is 5.64. The topological polar surface area (TPSA) is 117 Å². The summed E-state index contributed by atoms with van der Waals surface area (Å²) in [6.45, 7) is 0.690. The molecular formula is C15H18N6O4. The number of nitrogens with zero attached hydrogens (tertiary/aromatic N) is 5. The van der Waals surface area contributed by atoms with Crippen molar-refractivity contribution in [3.8, 4) is 0 Å². The first-order chi connectivity index (χ1) is 12.0. The number of hydrogen-bond donors (Lipinski definition) is 1. The molecule has 10 nitrogen and oxygen atoms in total. The van der Waals surface area contributed by atoms with E-state index in [1.54, 1.807) is 6.20 Å². The van der Waals surface area contributed by atoms with E-state index in [4.69, 9.17) is 4.42 Å². The van der Waals surface area contributed by atoms with Crippen molar-refractivity contribution in [2.24, 2.45) is 14.1 Å². The number of fused-ring (bicyclic) bond motifs is 1. The highest BCUT2D eigenvalue weighted by Gasteiger charge is 2.15. The third-order valence-corrected chi connectivity index (χ3v) is 3.89. The maximum Gasteiger partial charge on any atom is 0.332 e. The first-order valence-corrected chi connectivity index (χ1v) is 7.70. The Labute approximate surface area is 141 Å². The SMILES string of the molecule is Cn1c(=O)c2c(ncn2CC(=O)CNCCc2ncco2)n(C)c1=O. The summed E-state index contributed by atoms with van der Waals surface area (Å²) in [5.74, 6) is 0.493. The molecule has 0 bridgehead atoms. The molecule has 3 heterocycles. The van der Waals surface area contributed by atoms with Crippen molar-refractivity contribution in [1.82, 2.24) is 29.0 Å². The molecule has 0 saturated heterocycles. The van der Waals surface area contributed by atoms with Gasteiger partial charge in [0, 0.05) is 27.1 Å². The molecule has 0 unspecified atom stereocenters. The van der Waals surface area contributed by atoms with Crippen LogP contribution in [0.1, 0.15) is 5.89 Å². The van der Waals surface area contributed by atoms with Crippen LogP contribution in [0, 0.1) is 0 Å². The molecular weight excluding hydrogens is 328 g/mol. The molecule has 10 heteroatoms. The molecule has 0 atom stereocenters. The van der Waals surface area contributed by atoms with E-state index >= 15 is 0 Å². The van der Waals surface area contributed by atoms with E-state index in [2.05, 4.69) is 15.3 Å². The van der Waals surface area contributed by atoms with Gasteiger partial charge in [-0.05, 0) is 0 Å².